The molecule has 4 rings (SSSR count). The summed E-state index contributed by atoms with van der Waals surface area (Å²) < 4.78 is 40.3. The first kappa shape index (κ1) is 21.1. The van der Waals surface area contributed by atoms with Crippen LogP contribution in [0.5, 0.6) is 5.75 Å². The predicted molar refractivity (Wildman–Crippen MR) is 113 cm³/mol. The number of carbonyl (C=O) groups excluding carboxylic acids is 1. The molecular weight excluding hydrogens is 427 g/mol. The number of rotatable bonds is 3. The highest BCUT2D eigenvalue weighted by molar-refractivity contribution is 7.81. The number of carbonyl (C=O) groups is 1. The first-order valence-electron chi connectivity index (χ1n) is 9.60. The van der Waals surface area contributed by atoms with Gasteiger partial charge in [-0.2, -0.15) is 18.4 Å². The van der Waals surface area contributed by atoms with Gasteiger partial charge in [0.15, 0.2) is 5.11 Å². The fourth-order valence-electron chi connectivity index (χ4n) is 3.86. The van der Waals surface area contributed by atoms with Crippen molar-refractivity contribution in [3.05, 3.63) is 53.1 Å². The normalized spacial score (nSPS) is 18.5. The minimum atomic E-state index is -4.75. The monoisotopic (exact) mass is 445 g/mol. The number of hydrogen-bond acceptors (Lipinski definition) is 4. The predicted octanol–water partition coefficient (Wildman–Crippen LogP) is 5.08. The van der Waals surface area contributed by atoms with Crippen LogP contribution in [0.1, 0.15) is 49.3 Å². The number of alkyl halides is 3. The van der Waals surface area contributed by atoms with E-state index in [1.54, 1.807) is 30.9 Å². The largest absolute Gasteiger partial charge is 0.508 e. The van der Waals surface area contributed by atoms with E-state index >= 15 is 0 Å². The van der Waals surface area contributed by atoms with E-state index < -0.39 is 28.7 Å². The Hall–Kier alpha value is -3.12. The van der Waals surface area contributed by atoms with Crippen molar-refractivity contribution in [3.8, 4) is 11.8 Å². The number of aromatic hydroxyl groups is 1. The molecule has 1 heterocycles. The van der Waals surface area contributed by atoms with Gasteiger partial charge in [-0.1, -0.05) is 0 Å². The summed E-state index contributed by atoms with van der Waals surface area (Å²) in [5, 5.41) is 19.2. The number of anilines is 2. The smallest absolute Gasteiger partial charge is 0.417 e. The van der Waals surface area contributed by atoms with Crippen LogP contribution >= 0.6 is 12.2 Å². The Kier molecular flexibility index (Phi) is 4.74. The number of hydrogen-bond donors (Lipinski definition) is 1. The van der Waals surface area contributed by atoms with E-state index in [9.17, 15) is 23.1 Å². The molecular formula is C22H18F3N3O2S. The SMILES string of the molecule is CC1(C)C(=O)N(c2ccc(C#N)c(C(F)(F)F)c2)C(=S)N1c1ccc(O)c(C2CC2)c1. The maximum Gasteiger partial charge on any atom is 0.417 e. The topological polar surface area (TPSA) is 67.6 Å². The molecule has 2 aliphatic rings. The fourth-order valence-corrected chi connectivity index (χ4v) is 4.38. The number of phenolic OH excluding ortho intramolecular Hbond substituents is 1. The van der Waals surface area contributed by atoms with Gasteiger partial charge >= 0.3 is 6.18 Å². The lowest BCUT2D eigenvalue weighted by atomic mass is 10.0. The van der Waals surface area contributed by atoms with Gasteiger partial charge in [0, 0.05) is 5.69 Å². The zero-order valence-corrected chi connectivity index (χ0v) is 17.5. The molecule has 0 unspecified atom stereocenters. The van der Waals surface area contributed by atoms with Crippen molar-refractivity contribution in [2.75, 3.05) is 9.80 Å². The summed E-state index contributed by atoms with van der Waals surface area (Å²) in [6.07, 6.45) is -2.83. The summed E-state index contributed by atoms with van der Waals surface area (Å²) in [5.41, 5.74) is -1.54. The molecule has 1 saturated heterocycles. The van der Waals surface area contributed by atoms with E-state index in [2.05, 4.69) is 0 Å². The van der Waals surface area contributed by atoms with Crippen molar-refractivity contribution in [3.63, 3.8) is 0 Å². The van der Waals surface area contributed by atoms with E-state index in [0.717, 1.165) is 35.4 Å². The van der Waals surface area contributed by atoms with Crippen molar-refractivity contribution in [2.24, 2.45) is 0 Å². The zero-order valence-electron chi connectivity index (χ0n) is 16.7. The van der Waals surface area contributed by atoms with Gasteiger partial charge < -0.3 is 10.0 Å². The van der Waals surface area contributed by atoms with Crippen LogP contribution < -0.4 is 9.80 Å². The molecule has 5 nitrogen and oxygen atoms in total. The highest BCUT2D eigenvalue weighted by Gasteiger charge is 2.51. The molecule has 2 aromatic carbocycles. The Bertz CT molecular complexity index is 1150. The lowest BCUT2D eigenvalue weighted by Crippen LogP contribution is -2.44. The molecule has 1 aliphatic heterocycles. The molecule has 0 spiro atoms. The third-order valence-corrected chi connectivity index (χ3v) is 6.01. The van der Waals surface area contributed by atoms with Gasteiger partial charge in [-0.25, -0.2) is 0 Å². The molecule has 1 amide bonds. The third-order valence-electron chi connectivity index (χ3n) is 5.64. The van der Waals surface area contributed by atoms with E-state index in [1.807, 2.05) is 0 Å². The number of phenols is 1. The van der Waals surface area contributed by atoms with Gasteiger partial charge in [-0.05, 0) is 86.8 Å². The molecule has 2 aromatic rings. The number of benzene rings is 2. The van der Waals surface area contributed by atoms with E-state index in [0.29, 0.717) is 5.69 Å². The molecule has 0 bridgehead atoms. The second-order valence-electron chi connectivity index (χ2n) is 8.17. The van der Waals surface area contributed by atoms with Crippen molar-refractivity contribution in [2.45, 2.75) is 44.3 Å². The highest BCUT2D eigenvalue weighted by atomic mass is 32.1. The van der Waals surface area contributed by atoms with E-state index in [-0.39, 0.29) is 22.5 Å². The summed E-state index contributed by atoms with van der Waals surface area (Å²) in [7, 11) is 0. The summed E-state index contributed by atoms with van der Waals surface area (Å²) in [4.78, 5) is 15.9. The maximum absolute atomic E-state index is 13.4. The van der Waals surface area contributed by atoms with Crippen molar-refractivity contribution in [1.29, 1.82) is 5.26 Å². The molecule has 1 aliphatic carbocycles. The van der Waals surface area contributed by atoms with Crippen LogP contribution in [0.4, 0.5) is 24.5 Å². The molecule has 9 heteroatoms. The van der Waals surface area contributed by atoms with Crippen LogP contribution in [0, 0.1) is 11.3 Å². The summed E-state index contributed by atoms with van der Waals surface area (Å²) in [5.74, 6) is -0.0745. The van der Waals surface area contributed by atoms with Gasteiger partial charge in [-0.15, -0.1) is 0 Å². The molecule has 2 fully saturated rings. The van der Waals surface area contributed by atoms with Gasteiger partial charge in [0.05, 0.1) is 22.9 Å². The minimum absolute atomic E-state index is 0.0280. The average molecular weight is 445 g/mol. The number of nitrogens with zero attached hydrogens (tertiary/aromatic N) is 3. The standard InChI is InChI=1S/C22H18F3N3O2S/c1-21(2)19(30)27(14-6-5-13(11-26)17(10-14)22(23,24)25)20(31)28(21)15-7-8-18(29)16(9-15)12-3-4-12/h5-10,12,29H,3-4H2,1-2H3. The second kappa shape index (κ2) is 6.95. The fraction of sp³-hybridized carbons (Fsp3) is 0.318. The van der Waals surface area contributed by atoms with E-state index in [4.69, 9.17) is 17.5 Å². The average Bonchev–Trinajstić information content (AvgIpc) is 3.51. The Morgan fingerprint density at radius 2 is 1.81 bits per heavy atom. The molecule has 0 radical (unpaired) electrons. The number of nitriles is 1. The first-order valence-corrected chi connectivity index (χ1v) is 10.0. The highest BCUT2D eigenvalue weighted by Crippen LogP contribution is 2.47. The maximum atomic E-state index is 13.4. The van der Waals surface area contributed by atoms with Crippen LogP contribution in [0.3, 0.4) is 0 Å². The van der Waals surface area contributed by atoms with Gasteiger partial charge in [0.2, 0.25) is 0 Å². The first-order chi connectivity index (χ1) is 14.5. The zero-order chi connectivity index (χ0) is 22.7. The summed E-state index contributed by atoms with van der Waals surface area (Å²) in [6.45, 7) is 3.28. The third kappa shape index (κ3) is 3.41. The Labute approximate surface area is 182 Å². The lowest BCUT2D eigenvalue weighted by molar-refractivity contribution is -0.137. The van der Waals surface area contributed by atoms with Crippen molar-refractivity contribution in [1.82, 2.24) is 0 Å². The Morgan fingerprint density at radius 3 is 2.39 bits per heavy atom. The van der Waals surface area contributed by atoms with Crippen molar-refractivity contribution >= 4 is 34.6 Å². The molecule has 31 heavy (non-hydrogen) atoms. The summed E-state index contributed by atoms with van der Waals surface area (Å²) in [6, 6.07) is 9.57. The van der Waals surface area contributed by atoms with Crippen LogP contribution in [0.2, 0.25) is 0 Å². The van der Waals surface area contributed by atoms with Crippen LogP contribution in [0.15, 0.2) is 36.4 Å². The number of thiocarbonyl (C=S) groups is 1. The van der Waals surface area contributed by atoms with Gasteiger partial charge in [-0.3, -0.25) is 9.69 Å². The number of amides is 1. The van der Waals surface area contributed by atoms with Crippen LogP contribution in [0.25, 0.3) is 0 Å². The quantitative estimate of drug-likeness (QED) is 0.668. The molecule has 160 valence electrons. The molecule has 0 atom stereocenters. The second-order valence-corrected chi connectivity index (χ2v) is 8.54. The van der Waals surface area contributed by atoms with Gasteiger partial charge in [0.1, 0.15) is 11.3 Å². The summed E-state index contributed by atoms with van der Waals surface area (Å²) >= 11 is 5.53. The minimum Gasteiger partial charge on any atom is -0.508 e. The molecule has 1 saturated carbocycles. The van der Waals surface area contributed by atoms with Crippen LogP contribution in [-0.2, 0) is 11.0 Å². The van der Waals surface area contributed by atoms with Gasteiger partial charge in [0.25, 0.3) is 5.91 Å². The number of halogens is 3. The Morgan fingerprint density at radius 1 is 1.16 bits per heavy atom. The van der Waals surface area contributed by atoms with E-state index in [1.165, 1.54) is 18.2 Å². The lowest BCUT2D eigenvalue weighted by Gasteiger charge is -2.30. The molecule has 0 aromatic heterocycles. The molecule has 1 N–H and O–H groups in total. The van der Waals surface area contributed by atoms with Crippen LogP contribution in [-0.4, -0.2) is 21.7 Å². The Balaban J connectivity index is 1.79. The van der Waals surface area contributed by atoms with Crippen molar-refractivity contribution < 1.29 is 23.1 Å².